The molecule has 56 heavy (non-hydrogen) atoms. The van der Waals surface area contributed by atoms with Crippen LogP contribution in [-0.2, 0) is 0 Å². The number of fused-ring (bicyclic) bond motifs is 2. The Morgan fingerprint density at radius 1 is 0.750 bits per heavy atom. The van der Waals surface area contributed by atoms with E-state index in [1.165, 1.54) is 22.7 Å². The van der Waals surface area contributed by atoms with Gasteiger partial charge in [0.15, 0.2) is 22.9 Å². The van der Waals surface area contributed by atoms with E-state index >= 15 is 0 Å². The zero-order valence-corrected chi connectivity index (χ0v) is 36.0. The number of anilines is 1. The number of hydrogen-bond acceptors (Lipinski definition) is 15. The molecule has 0 radical (unpaired) electrons. The van der Waals surface area contributed by atoms with Crippen LogP contribution >= 0.6 is 34.3 Å². The Morgan fingerprint density at radius 3 is 1.66 bits per heavy atom. The molecule has 0 aliphatic carbocycles. The molecule has 6 aromatic rings. The number of Topliss-reactive ketones (excluding diaryl/α,β-unsaturated/α-hetero) is 2. The number of carbonyl (C=O) groups excluding carboxylic acids is 2. The number of nitrogens with one attached hydrogen (secondary N) is 1. The lowest BCUT2D eigenvalue weighted by Gasteiger charge is -2.14. The summed E-state index contributed by atoms with van der Waals surface area (Å²) in [6.07, 6.45) is 6.45. The third-order valence-electron chi connectivity index (χ3n) is 7.55. The van der Waals surface area contributed by atoms with Gasteiger partial charge in [0.25, 0.3) is 0 Å². The van der Waals surface area contributed by atoms with E-state index in [9.17, 15) is 9.59 Å². The summed E-state index contributed by atoms with van der Waals surface area (Å²) in [5.41, 5.74) is 9.32. The van der Waals surface area contributed by atoms with Crippen molar-refractivity contribution in [2.45, 2.75) is 100 Å². The van der Waals surface area contributed by atoms with E-state index in [1.807, 2.05) is 91.8 Å². The molecular weight excluding hydrogens is 768 g/mol. The van der Waals surface area contributed by atoms with E-state index in [-0.39, 0.29) is 34.9 Å². The number of aliphatic hydroxyl groups excluding tert-OH is 1. The van der Waals surface area contributed by atoms with Gasteiger partial charge in [-0.2, -0.15) is 9.97 Å². The first-order valence-electron chi connectivity index (χ1n) is 18.6. The lowest BCUT2D eigenvalue weighted by molar-refractivity contribution is 0.0956. The van der Waals surface area contributed by atoms with Crippen LogP contribution < -0.4 is 11.1 Å². The Bertz CT molecular complexity index is 2130. The predicted molar refractivity (Wildman–Crippen MR) is 228 cm³/mol. The van der Waals surface area contributed by atoms with Crippen LogP contribution in [0.3, 0.4) is 0 Å². The number of nitrogens with zero attached hydrogens (tertiary/aromatic N) is 8. The fourth-order valence-corrected chi connectivity index (χ4v) is 6.81. The average molecular weight is 822 g/mol. The van der Waals surface area contributed by atoms with Crippen molar-refractivity contribution in [1.29, 1.82) is 0 Å². The summed E-state index contributed by atoms with van der Waals surface area (Å²) in [6, 6.07) is 11.5. The number of thiazole rings is 2. The normalized spacial score (nSPS) is 11.9. The fraction of sp³-hybridized carbons (Fsp3) is 0.450. The third kappa shape index (κ3) is 14.6. The summed E-state index contributed by atoms with van der Waals surface area (Å²) >= 11 is 8.69. The molecule has 0 aromatic carbocycles. The number of carbonyl (C=O) groups is 2. The molecule has 0 bridgehead atoms. The molecule has 6 heterocycles. The molecule has 0 aliphatic heterocycles. The molecule has 16 heteroatoms. The second-order valence-corrected chi connectivity index (χ2v) is 16.5. The quantitative estimate of drug-likeness (QED) is 0.0781. The number of aryl methyl sites for hydroxylation is 2. The summed E-state index contributed by atoms with van der Waals surface area (Å²) < 4.78 is 1.50. The van der Waals surface area contributed by atoms with Crippen molar-refractivity contribution in [2.24, 2.45) is 17.6 Å². The molecule has 0 fully saturated rings. The Kier molecular flexibility index (Phi) is 18.9. The van der Waals surface area contributed by atoms with Crippen LogP contribution in [0, 0.1) is 25.7 Å². The average Bonchev–Trinajstić information content (AvgIpc) is 3.72. The molecule has 0 amide bonds. The molecule has 2 atom stereocenters. The van der Waals surface area contributed by atoms with Crippen molar-refractivity contribution >= 4 is 72.5 Å². The Hall–Kier alpha value is -4.41. The number of aromatic nitrogens is 8. The van der Waals surface area contributed by atoms with Crippen LogP contribution in [0.1, 0.15) is 129 Å². The van der Waals surface area contributed by atoms with E-state index < -0.39 is 0 Å². The molecule has 0 aliphatic rings. The highest BCUT2D eigenvalue weighted by molar-refractivity contribution is 7.19. The minimum atomic E-state index is -0.0774. The van der Waals surface area contributed by atoms with Crippen LogP contribution in [-0.4, -0.2) is 63.2 Å². The first kappa shape index (κ1) is 46.0. The van der Waals surface area contributed by atoms with E-state index in [0.29, 0.717) is 54.0 Å². The van der Waals surface area contributed by atoms with Crippen molar-refractivity contribution in [3.05, 3.63) is 86.9 Å². The fourth-order valence-electron chi connectivity index (χ4n) is 4.91. The van der Waals surface area contributed by atoms with Gasteiger partial charge in [-0.1, -0.05) is 53.2 Å². The summed E-state index contributed by atoms with van der Waals surface area (Å²) in [4.78, 5) is 58.8. The first-order chi connectivity index (χ1) is 26.6. The monoisotopic (exact) mass is 820 g/mol. The van der Waals surface area contributed by atoms with Gasteiger partial charge >= 0.3 is 0 Å². The Morgan fingerprint density at radius 2 is 1.25 bits per heavy atom. The van der Waals surface area contributed by atoms with E-state index in [0.717, 1.165) is 43.6 Å². The molecule has 4 N–H and O–H groups in total. The Balaban J connectivity index is 0.000000232. The standard InChI is InChI=1S/C18H21N5OS.C11H12ClN3OS.C7H10N2.C4H10O/c1-10(2)9-14(24)15-16-17(21-12(4)25-16)23-18(22-15)20-11(3)13-7-5-6-8-19-13;1-5(2)4-7(16)8-9-10(13-6(3)17-9)15-11(12)14-8;1-6(8)7-4-2-3-5-9-7;1-2-3-4-5/h5-8,10-11H,9H2,1-4H3,(H,20,22,23);5H,4H2,1-3H3;2-6H,8H2,1H3;5H,2-4H2,1H3/t11-;;6-;/m0.0./s1. The van der Waals surface area contributed by atoms with Gasteiger partial charge in [0, 0.05) is 37.9 Å². The van der Waals surface area contributed by atoms with Crippen LogP contribution in [0.25, 0.3) is 20.7 Å². The highest BCUT2D eigenvalue weighted by Crippen LogP contribution is 2.28. The number of unbranched alkanes of at least 4 members (excludes halogenated alkanes) is 1. The van der Waals surface area contributed by atoms with E-state index in [1.54, 1.807) is 12.4 Å². The number of halogens is 1. The van der Waals surface area contributed by atoms with Crippen LogP contribution in [0.4, 0.5) is 5.95 Å². The molecular formula is C40H53ClN10O3S2. The molecule has 0 saturated carbocycles. The molecule has 6 aromatic heterocycles. The van der Waals surface area contributed by atoms with Gasteiger partial charge in [-0.3, -0.25) is 19.6 Å². The number of aliphatic hydroxyl groups is 1. The highest BCUT2D eigenvalue weighted by atomic mass is 35.5. The lowest BCUT2D eigenvalue weighted by atomic mass is 10.1. The van der Waals surface area contributed by atoms with Gasteiger partial charge in [0.1, 0.15) is 20.8 Å². The van der Waals surface area contributed by atoms with E-state index in [2.05, 4.69) is 52.1 Å². The SMILES string of the molecule is CCCCO.C[C@H](N)c1ccccn1.Cc1nc2nc(Cl)nc(C(=O)CC(C)C)c2s1.Cc1nc2nc(N[C@@H](C)c3ccccn3)nc(C(=O)CC(C)C)c2s1. The van der Waals surface area contributed by atoms with Crippen LogP contribution in [0.5, 0.6) is 0 Å². The molecule has 13 nitrogen and oxygen atoms in total. The van der Waals surface area contributed by atoms with Crippen molar-refractivity contribution in [3.63, 3.8) is 0 Å². The van der Waals surface area contributed by atoms with Crippen molar-refractivity contribution in [2.75, 3.05) is 11.9 Å². The molecule has 0 saturated heterocycles. The molecule has 0 unspecified atom stereocenters. The van der Waals surface area contributed by atoms with Gasteiger partial charge in [0.05, 0.1) is 27.4 Å². The summed E-state index contributed by atoms with van der Waals surface area (Å²) in [6.45, 7) is 18.1. The Labute approximate surface area is 342 Å². The van der Waals surface area contributed by atoms with E-state index in [4.69, 9.17) is 22.4 Å². The number of nitrogens with two attached hydrogens (primary N) is 1. The maximum absolute atomic E-state index is 12.6. The molecule has 0 spiro atoms. The third-order valence-corrected chi connectivity index (χ3v) is 9.66. The van der Waals surface area contributed by atoms with Gasteiger partial charge in [0.2, 0.25) is 11.2 Å². The first-order valence-corrected chi connectivity index (χ1v) is 20.6. The zero-order chi connectivity index (χ0) is 41.4. The highest BCUT2D eigenvalue weighted by Gasteiger charge is 2.21. The topological polar surface area (TPSA) is 196 Å². The maximum atomic E-state index is 12.6. The van der Waals surface area contributed by atoms with Crippen LogP contribution in [0.2, 0.25) is 5.28 Å². The van der Waals surface area contributed by atoms with Crippen molar-refractivity contribution in [3.8, 4) is 0 Å². The lowest BCUT2D eigenvalue weighted by Crippen LogP contribution is -2.14. The summed E-state index contributed by atoms with van der Waals surface area (Å²) in [5.74, 6) is 0.997. The van der Waals surface area contributed by atoms with Crippen LogP contribution in [0.15, 0.2) is 48.8 Å². The second-order valence-electron chi connectivity index (χ2n) is 13.8. The number of hydrogen-bond donors (Lipinski definition) is 3. The molecule has 300 valence electrons. The van der Waals surface area contributed by atoms with Gasteiger partial charge in [-0.05, 0) is 81.8 Å². The summed E-state index contributed by atoms with van der Waals surface area (Å²) in [5, 5.41) is 13.1. The van der Waals surface area contributed by atoms with Gasteiger partial charge in [-0.15, -0.1) is 22.7 Å². The zero-order valence-electron chi connectivity index (χ0n) is 33.6. The van der Waals surface area contributed by atoms with Gasteiger partial charge in [-0.25, -0.2) is 19.9 Å². The predicted octanol–water partition coefficient (Wildman–Crippen LogP) is 9.35. The van der Waals surface area contributed by atoms with Crippen molar-refractivity contribution < 1.29 is 14.7 Å². The smallest absolute Gasteiger partial charge is 0.226 e. The van der Waals surface area contributed by atoms with Crippen molar-refractivity contribution in [1.82, 2.24) is 39.9 Å². The number of rotatable bonds is 12. The van der Waals surface area contributed by atoms with Gasteiger partial charge < -0.3 is 16.2 Å². The minimum absolute atomic E-state index is 0.00190. The molecule has 6 rings (SSSR count). The number of ketones is 2. The minimum Gasteiger partial charge on any atom is -0.396 e. The second kappa shape index (κ2) is 23.0. The maximum Gasteiger partial charge on any atom is 0.226 e. The summed E-state index contributed by atoms with van der Waals surface area (Å²) in [7, 11) is 0. The largest absolute Gasteiger partial charge is 0.396 e. The number of pyridine rings is 2.